The maximum absolute atomic E-state index is 13.0. The number of carbonyl (C=O) groups excluding carboxylic acids is 3. The zero-order valence-corrected chi connectivity index (χ0v) is 11.7. The number of amides is 3. The summed E-state index contributed by atoms with van der Waals surface area (Å²) in [5.74, 6) is -3.58. The SMILES string of the molecule is C[C@@H](OC(=O)CCNC(N)=O)C(=O)Nc1ccc(F)c(F)c1. The van der Waals surface area contributed by atoms with Gasteiger partial charge in [-0.15, -0.1) is 0 Å². The lowest BCUT2D eigenvalue weighted by molar-refractivity contribution is -0.153. The number of halogens is 2. The quantitative estimate of drug-likeness (QED) is 0.677. The van der Waals surface area contributed by atoms with E-state index in [0.29, 0.717) is 0 Å². The first-order chi connectivity index (χ1) is 10.3. The van der Waals surface area contributed by atoms with Gasteiger partial charge in [0.2, 0.25) is 0 Å². The van der Waals surface area contributed by atoms with Crippen LogP contribution in [0.25, 0.3) is 0 Å². The minimum Gasteiger partial charge on any atom is -0.452 e. The molecule has 0 fully saturated rings. The van der Waals surface area contributed by atoms with Crippen LogP contribution in [0.5, 0.6) is 0 Å². The predicted octanol–water partition coefficient (Wildman–Crippen LogP) is 0.893. The molecule has 0 heterocycles. The molecule has 4 N–H and O–H groups in total. The van der Waals surface area contributed by atoms with Crippen molar-refractivity contribution in [2.24, 2.45) is 5.73 Å². The van der Waals surface area contributed by atoms with Crippen LogP contribution in [-0.2, 0) is 14.3 Å². The van der Waals surface area contributed by atoms with Crippen molar-refractivity contribution in [3.05, 3.63) is 29.8 Å². The number of rotatable bonds is 6. The van der Waals surface area contributed by atoms with Crippen molar-refractivity contribution in [3.8, 4) is 0 Å². The molecule has 1 atom stereocenters. The zero-order chi connectivity index (χ0) is 16.7. The molecule has 3 amide bonds. The van der Waals surface area contributed by atoms with Gasteiger partial charge in [0, 0.05) is 18.3 Å². The van der Waals surface area contributed by atoms with Crippen molar-refractivity contribution in [2.45, 2.75) is 19.4 Å². The number of primary amides is 1. The summed E-state index contributed by atoms with van der Waals surface area (Å²) in [6.07, 6.45) is -1.31. The van der Waals surface area contributed by atoms with E-state index in [1.54, 1.807) is 0 Å². The van der Waals surface area contributed by atoms with Gasteiger partial charge >= 0.3 is 12.0 Å². The Balaban J connectivity index is 2.45. The van der Waals surface area contributed by atoms with Crippen LogP contribution in [-0.4, -0.2) is 30.6 Å². The fourth-order valence-electron chi connectivity index (χ4n) is 1.42. The summed E-state index contributed by atoms with van der Waals surface area (Å²) in [6, 6.07) is 2.05. The van der Waals surface area contributed by atoms with E-state index in [1.165, 1.54) is 13.0 Å². The van der Waals surface area contributed by atoms with Crippen LogP contribution in [0.15, 0.2) is 18.2 Å². The van der Waals surface area contributed by atoms with Gasteiger partial charge in [-0.1, -0.05) is 0 Å². The minimum absolute atomic E-state index is 0.0221. The summed E-state index contributed by atoms with van der Waals surface area (Å²) in [5.41, 5.74) is 4.84. The highest BCUT2D eigenvalue weighted by atomic mass is 19.2. The van der Waals surface area contributed by atoms with E-state index >= 15 is 0 Å². The third-order valence-electron chi connectivity index (χ3n) is 2.49. The van der Waals surface area contributed by atoms with E-state index in [9.17, 15) is 23.2 Å². The Hall–Kier alpha value is -2.71. The highest BCUT2D eigenvalue weighted by Gasteiger charge is 2.18. The van der Waals surface area contributed by atoms with Gasteiger partial charge in [-0.2, -0.15) is 0 Å². The molecular weight excluding hydrogens is 300 g/mol. The number of urea groups is 1. The molecule has 0 spiro atoms. The van der Waals surface area contributed by atoms with Crippen LogP contribution < -0.4 is 16.4 Å². The lowest BCUT2D eigenvalue weighted by Crippen LogP contribution is -2.33. The Bertz CT molecular complexity index is 580. The first kappa shape index (κ1) is 17.3. The van der Waals surface area contributed by atoms with Crippen LogP contribution in [0, 0.1) is 11.6 Å². The van der Waals surface area contributed by atoms with E-state index in [0.717, 1.165) is 12.1 Å². The van der Waals surface area contributed by atoms with Gasteiger partial charge in [-0.25, -0.2) is 13.6 Å². The van der Waals surface area contributed by atoms with Gasteiger partial charge in [-0.05, 0) is 19.1 Å². The molecule has 9 heteroatoms. The number of hydrogen-bond acceptors (Lipinski definition) is 4. The van der Waals surface area contributed by atoms with Crippen molar-refractivity contribution in [1.29, 1.82) is 0 Å². The Labute approximate surface area is 124 Å². The number of hydrogen-bond donors (Lipinski definition) is 3. The Morgan fingerprint density at radius 1 is 1.27 bits per heavy atom. The second-order valence-corrected chi connectivity index (χ2v) is 4.29. The molecule has 0 saturated heterocycles. The molecule has 0 saturated carbocycles. The molecule has 0 bridgehead atoms. The third-order valence-corrected chi connectivity index (χ3v) is 2.49. The molecule has 120 valence electrons. The molecule has 1 aromatic carbocycles. The van der Waals surface area contributed by atoms with Gasteiger partial charge < -0.3 is 21.1 Å². The molecule has 0 radical (unpaired) electrons. The average Bonchev–Trinajstić information content (AvgIpc) is 2.42. The third kappa shape index (κ3) is 5.73. The van der Waals surface area contributed by atoms with Gasteiger partial charge in [0.15, 0.2) is 17.7 Å². The molecule has 22 heavy (non-hydrogen) atoms. The smallest absolute Gasteiger partial charge is 0.312 e. The molecule has 7 nitrogen and oxygen atoms in total. The van der Waals surface area contributed by atoms with E-state index < -0.39 is 35.6 Å². The number of anilines is 1. The number of esters is 1. The number of nitrogens with one attached hydrogen (secondary N) is 2. The van der Waals surface area contributed by atoms with E-state index in [2.05, 4.69) is 10.6 Å². The average molecular weight is 315 g/mol. The highest BCUT2D eigenvalue weighted by Crippen LogP contribution is 2.13. The molecule has 0 aromatic heterocycles. The van der Waals surface area contributed by atoms with E-state index in [4.69, 9.17) is 10.5 Å². The minimum atomic E-state index is -1.14. The second-order valence-electron chi connectivity index (χ2n) is 4.29. The number of benzene rings is 1. The first-order valence-electron chi connectivity index (χ1n) is 6.28. The molecule has 0 unspecified atom stereocenters. The molecule has 1 rings (SSSR count). The molecule has 0 aliphatic heterocycles. The Morgan fingerprint density at radius 2 is 1.95 bits per heavy atom. The summed E-state index contributed by atoms with van der Waals surface area (Å²) in [5, 5.41) is 4.47. The zero-order valence-electron chi connectivity index (χ0n) is 11.7. The largest absolute Gasteiger partial charge is 0.452 e. The first-order valence-corrected chi connectivity index (χ1v) is 6.28. The lowest BCUT2D eigenvalue weighted by atomic mass is 10.2. The van der Waals surface area contributed by atoms with Crippen LogP contribution in [0.2, 0.25) is 0 Å². The van der Waals surface area contributed by atoms with Crippen LogP contribution in [0.1, 0.15) is 13.3 Å². The highest BCUT2D eigenvalue weighted by molar-refractivity contribution is 5.95. The standard InChI is InChI=1S/C13H15F2N3O4/c1-7(22-11(19)4-5-17-13(16)21)12(20)18-8-2-3-9(14)10(15)6-8/h2-3,6-7H,4-5H2,1H3,(H,18,20)(H3,16,17,21)/t7-/m1/s1. The van der Waals surface area contributed by atoms with Crippen molar-refractivity contribution in [3.63, 3.8) is 0 Å². The number of ether oxygens (including phenoxy) is 1. The lowest BCUT2D eigenvalue weighted by Gasteiger charge is -2.13. The van der Waals surface area contributed by atoms with Crippen LogP contribution >= 0.6 is 0 Å². The Morgan fingerprint density at radius 3 is 2.55 bits per heavy atom. The summed E-state index contributed by atoms with van der Waals surface area (Å²) in [7, 11) is 0. The van der Waals surface area contributed by atoms with Crippen LogP contribution in [0.4, 0.5) is 19.3 Å². The van der Waals surface area contributed by atoms with Crippen molar-refractivity contribution >= 4 is 23.6 Å². The van der Waals surface area contributed by atoms with Crippen molar-refractivity contribution < 1.29 is 27.9 Å². The molecule has 0 aliphatic carbocycles. The normalized spacial score (nSPS) is 11.4. The van der Waals surface area contributed by atoms with E-state index in [-0.39, 0.29) is 18.7 Å². The van der Waals surface area contributed by atoms with Crippen molar-refractivity contribution in [2.75, 3.05) is 11.9 Å². The van der Waals surface area contributed by atoms with Crippen molar-refractivity contribution in [1.82, 2.24) is 5.32 Å². The summed E-state index contributed by atoms with van der Waals surface area (Å²) in [4.78, 5) is 33.5. The fourth-order valence-corrected chi connectivity index (χ4v) is 1.42. The topological polar surface area (TPSA) is 111 Å². The maximum atomic E-state index is 13.0. The van der Waals surface area contributed by atoms with Crippen LogP contribution in [0.3, 0.4) is 0 Å². The summed E-state index contributed by atoms with van der Waals surface area (Å²) < 4.78 is 30.5. The molecule has 1 aromatic rings. The second kappa shape index (κ2) is 7.91. The molecular formula is C13H15F2N3O4. The summed E-state index contributed by atoms with van der Waals surface area (Å²) in [6.45, 7) is 1.29. The van der Waals surface area contributed by atoms with Gasteiger partial charge in [0.1, 0.15) is 0 Å². The Kier molecular flexibility index (Phi) is 6.24. The van der Waals surface area contributed by atoms with Gasteiger partial charge in [-0.3, -0.25) is 9.59 Å². The monoisotopic (exact) mass is 315 g/mol. The predicted molar refractivity (Wildman–Crippen MR) is 72.7 cm³/mol. The number of carbonyl (C=O) groups is 3. The van der Waals surface area contributed by atoms with Gasteiger partial charge in [0.05, 0.1) is 6.42 Å². The number of nitrogens with two attached hydrogens (primary N) is 1. The molecule has 0 aliphatic rings. The summed E-state index contributed by atoms with van der Waals surface area (Å²) >= 11 is 0. The van der Waals surface area contributed by atoms with Gasteiger partial charge in [0.25, 0.3) is 5.91 Å². The van der Waals surface area contributed by atoms with E-state index in [1.807, 2.05) is 0 Å². The maximum Gasteiger partial charge on any atom is 0.312 e. The fraction of sp³-hybridized carbons (Fsp3) is 0.308.